The highest BCUT2D eigenvalue weighted by atomic mass is 16.5. The van der Waals surface area contributed by atoms with Gasteiger partial charge >= 0.3 is 0 Å². The Morgan fingerprint density at radius 3 is 2.90 bits per heavy atom. The molecule has 1 heterocycles. The summed E-state index contributed by atoms with van der Waals surface area (Å²) in [5.41, 5.74) is 0.914. The second-order valence-corrected chi connectivity index (χ2v) is 4.17. The summed E-state index contributed by atoms with van der Waals surface area (Å²) in [6, 6.07) is 7.41. The zero-order valence-corrected chi connectivity index (χ0v) is 11.4. The number of ether oxygens (including phenoxy) is 3. The fourth-order valence-corrected chi connectivity index (χ4v) is 1.81. The van der Waals surface area contributed by atoms with Gasteiger partial charge in [-0.15, -0.1) is 0 Å². The Morgan fingerprint density at radius 1 is 1.40 bits per heavy atom. The van der Waals surface area contributed by atoms with Crippen molar-refractivity contribution in [3.63, 3.8) is 0 Å². The van der Waals surface area contributed by atoms with Crippen LogP contribution in [-0.4, -0.2) is 51.2 Å². The van der Waals surface area contributed by atoms with Gasteiger partial charge in [0.15, 0.2) is 18.1 Å². The molecule has 20 heavy (non-hydrogen) atoms. The number of hydrogen-bond donors (Lipinski definition) is 0. The number of hydrogen-bond acceptors (Lipinski definition) is 6. The Balaban J connectivity index is 2.04. The number of morpholine rings is 1. The molecular weight excluding hydrogens is 258 g/mol. The number of nitrogens with zero attached hydrogens (tertiary/aromatic N) is 3. The van der Waals surface area contributed by atoms with Crippen LogP contribution < -0.4 is 9.47 Å². The van der Waals surface area contributed by atoms with Crippen molar-refractivity contribution in [2.75, 3.05) is 40.0 Å². The molecule has 0 atom stereocenters. The van der Waals surface area contributed by atoms with Crippen LogP contribution in [0.4, 0.5) is 0 Å². The number of rotatable bonds is 5. The van der Waals surface area contributed by atoms with Crippen LogP contribution in [0.25, 0.3) is 0 Å². The van der Waals surface area contributed by atoms with E-state index in [2.05, 4.69) is 5.10 Å². The molecular formula is C14H17N3O3. The second kappa shape index (κ2) is 7.36. The van der Waals surface area contributed by atoms with Crippen molar-refractivity contribution in [1.82, 2.24) is 5.01 Å². The molecule has 0 amide bonds. The van der Waals surface area contributed by atoms with Crippen LogP contribution >= 0.6 is 0 Å². The first-order valence-electron chi connectivity index (χ1n) is 6.38. The third-order valence-corrected chi connectivity index (χ3v) is 2.84. The lowest BCUT2D eigenvalue weighted by atomic mass is 10.2. The van der Waals surface area contributed by atoms with Gasteiger partial charge in [-0.3, -0.25) is 5.01 Å². The molecule has 6 nitrogen and oxygen atoms in total. The Bertz CT molecular complexity index is 505. The van der Waals surface area contributed by atoms with Crippen LogP contribution in [0.2, 0.25) is 0 Å². The van der Waals surface area contributed by atoms with Gasteiger partial charge in [0.25, 0.3) is 0 Å². The zero-order valence-electron chi connectivity index (χ0n) is 11.4. The number of hydrazone groups is 1. The van der Waals surface area contributed by atoms with E-state index in [0.717, 1.165) is 18.7 Å². The Labute approximate surface area is 118 Å². The van der Waals surface area contributed by atoms with Gasteiger partial charge in [-0.25, -0.2) is 0 Å². The van der Waals surface area contributed by atoms with Crippen molar-refractivity contribution in [1.29, 1.82) is 5.26 Å². The summed E-state index contributed by atoms with van der Waals surface area (Å²) in [6.07, 6.45) is 1.78. The summed E-state index contributed by atoms with van der Waals surface area (Å²) < 4.78 is 15.8. The van der Waals surface area contributed by atoms with Gasteiger partial charge in [0.05, 0.1) is 39.6 Å². The summed E-state index contributed by atoms with van der Waals surface area (Å²) in [4.78, 5) is 0. The monoisotopic (exact) mass is 275 g/mol. The van der Waals surface area contributed by atoms with Gasteiger partial charge in [0, 0.05) is 0 Å². The molecule has 6 heteroatoms. The lowest BCUT2D eigenvalue weighted by Crippen LogP contribution is -2.32. The first-order chi connectivity index (χ1) is 9.83. The lowest BCUT2D eigenvalue weighted by molar-refractivity contribution is 0.0397. The summed E-state index contributed by atoms with van der Waals surface area (Å²) in [5.74, 6) is 1.14. The Hall–Kier alpha value is -2.26. The first-order valence-corrected chi connectivity index (χ1v) is 6.38. The standard InChI is InChI=1S/C14H17N3O3/c1-18-14-10-12(2-3-13(14)20-7-4-15)11-16-17-5-8-19-9-6-17/h2-3,10-11H,5-9H2,1H3. The van der Waals surface area contributed by atoms with Crippen molar-refractivity contribution >= 4 is 6.21 Å². The third-order valence-electron chi connectivity index (χ3n) is 2.84. The zero-order chi connectivity index (χ0) is 14.2. The van der Waals surface area contributed by atoms with E-state index in [-0.39, 0.29) is 6.61 Å². The number of methoxy groups -OCH3 is 1. The minimum absolute atomic E-state index is 0.00241. The minimum atomic E-state index is -0.00241. The fraction of sp³-hybridized carbons (Fsp3) is 0.429. The average molecular weight is 275 g/mol. The Morgan fingerprint density at radius 2 is 2.20 bits per heavy atom. The van der Waals surface area contributed by atoms with Crippen LogP contribution in [0.3, 0.4) is 0 Å². The molecule has 1 saturated heterocycles. The van der Waals surface area contributed by atoms with Crippen LogP contribution in [0.1, 0.15) is 5.56 Å². The molecule has 0 N–H and O–H groups in total. The summed E-state index contributed by atoms with van der Waals surface area (Å²) in [6.45, 7) is 3.02. The maximum atomic E-state index is 8.52. The average Bonchev–Trinajstić information content (AvgIpc) is 2.52. The maximum absolute atomic E-state index is 8.52. The van der Waals surface area contributed by atoms with Gasteiger partial charge in [0.1, 0.15) is 6.07 Å². The molecule has 0 bridgehead atoms. The van der Waals surface area contributed by atoms with Crippen molar-refractivity contribution in [3.8, 4) is 17.6 Å². The minimum Gasteiger partial charge on any atom is -0.493 e. The van der Waals surface area contributed by atoms with Gasteiger partial charge in [0.2, 0.25) is 0 Å². The highest BCUT2D eigenvalue weighted by molar-refractivity contribution is 5.80. The van der Waals surface area contributed by atoms with E-state index < -0.39 is 0 Å². The van der Waals surface area contributed by atoms with E-state index in [0.29, 0.717) is 24.7 Å². The highest BCUT2D eigenvalue weighted by Gasteiger charge is 2.07. The lowest BCUT2D eigenvalue weighted by Gasteiger charge is -2.23. The van der Waals surface area contributed by atoms with Crippen LogP contribution in [-0.2, 0) is 4.74 Å². The maximum Gasteiger partial charge on any atom is 0.174 e. The largest absolute Gasteiger partial charge is 0.493 e. The molecule has 0 radical (unpaired) electrons. The van der Waals surface area contributed by atoms with E-state index >= 15 is 0 Å². The van der Waals surface area contributed by atoms with E-state index in [1.807, 2.05) is 23.2 Å². The van der Waals surface area contributed by atoms with Crippen LogP contribution in [0.5, 0.6) is 11.5 Å². The van der Waals surface area contributed by atoms with E-state index in [9.17, 15) is 0 Å². The molecule has 1 aromatic carbocycles. The van der Waals surface area contributed by atoms with Crippen LogP contribution in [0, 0.1) is 11.3 Å². The molecule has 0 saturated carbocycles. The molecule has 106 valence electrons. The Kier molecular flexibility index (Phi) is 5.21. The van der Waals surface area contributed by atoms with E-state index in [1.54, 1.807) is 19.4 Å². The first kappa shape index (κ1) is 14.2. The van der Waals surface area contributed by atoms with Crippen molar-refractivity contribution in [2.45, 2.75) is 0 Å². The molecule has 0 spiro atoms. The summed E-state index contributed by atoms with van der Waals surface area (Å²) in [5, 5.41) is 14.9. The second-order valence-electron chi connectivity index (χ2n) is 4.17. The highest BCUT2D eigenvalue weighted by Crippen LogP contribution is 2.27. The molecule has 1 fully saturated rings. The SMILES string of the molecule is COc1cc(C=NN2CCOCC2)ccc1OCC#N. The smallest absolute Gasteiger partial charge is 0.174 e. The van der Waals surface area contributed by atoms with Crippen molar-refractivity contribution < 1.29 is 14.2 Å². The number of nitriles is 1. The van der Waals surface area contributed by atoms with Gasteiger partial charge in [-0.2, -0.15) is 10.4 Å². The molecule has 0 aliphatic carbocycles. The van der Waals surface area contributed by atoms with Crippen molar-refractivity contribution in [2.24, 2.45) is 5.10 Å². The molecule has 0 aromatic heterocycles. The molecule has 1 aliphatic heterocycles. The predicted molar refractivity (Wildman–Crippen MR) is 74.1 cm³/mol. The third kappa shape index (κ3) is 3.87. The summed E-state index contributed by atoms with van der Waals surface area (Å²) in [7, 11) is 1.57. The number of benzene rings is 1. The van der Waals surface area contributed by atoms with Gasteiger partial charge < -0.3 is 14.2 Å². The van der Waals surface area contributed by atoms with Crippen molar-refractivity contribution in [3.05, 3.63) is 23.8 Å². The van der Waals surface area contributed by atoms with E-state index in [1.165, 1.54) is 0 Å². The van der Waals surface area contributed by atoms with Crippen LogP contribution in [0.15, 0.2) is 23.3 Å². The van der Waals surface area contributed by atoms with Gasteiger partial charge in [-0.1, -0.05) is 0 Å². The topological polar surface area (TPSA) is 67.1 Å². The van der Waals surface area contributed by atoms with E-state index in [4.69, 9.17) is 19.5 Å². The molecule has 1 aliphatic rings. The quantitative estimate of drug-likeness (QED) is 0.757. The molecule has 2 rings (SSSR count). The molecule has 0 unspecified atom stereocenters. The van der Waals surface area contributed by atoms with Gasteiger partial charge in [-0.05, 0) is 23.8 Å². The predicted octanol–water partition coefficient (Wildman–Crippen LogP) is 1.26. The normalized spacial score (nSPS) is 15.1. The fourth-order valence-electron chi connectivity index (χ4n) is 1.81. The summed E-state index contributed by atoms with van der Waals surface area (Å²) >= 11 is 0. The molecule has 1 aromatic rings.